The molecule has 98 valence electrons. The van der Waals surface area contributed by atoms with Crippen molar-refractivity contribution in [3.8, 4) is 0 Å². The molecule has 0 aromatic carbocycles. The summed E-state index contributed by atoms with van der Waals surface area (Å²) in [5.41, 5.74) is 0.693. The molecule has 18 heavy (non-hydrogen) atoms. The molecule has 2 aromatic heterocycles. The summed E-state index contributed by atoms with van der Waals surface area (Å²) >= 11 is 0. The number of H-pyrrole nitrogens is 1. The van der Waals surface area contributed by atoms with E-state index in [1.54, 1.807) is 23.1 Å². The van der Waals surface area contributed by atoms with E-state index in [9.17, 15) is 4.79 Å². The zero-order chi connectivity index (χ0) is 13.2. The van der Waals surface area contributed by atoms with Crippen LogP contribution < -0.4 is 5.56 Å². The van der Waals surface area contributed by atoms with Crippen molar-refractivity contribution in [3.05, 3.63) is 28.8 Å². The number of fused-ring (bicyclic) bond motifs is 1. The van der Waals surface area contributed by atoms with Gasteiger partial charge in [0.05, 0.1) is 11.7 Å². The van der Waals surface area contributed by atoms with Crippen molar-refractivity contribution in [3.63, 3.8) is 0 Å². The summed E-state index contributed by atoms with van der Waals surface area (Å²) in [6.45, 7) is 8.11. The van der Waals surface area contributed by atoms with Gasteiger partial charge in [-0.2, -0.15) is 5.10 Å². The summed E-state index contributed by atoms with van der Waals surface area (Å²) in [5, 5.41) is 5.13. The van der Waals surface area contributed by atoms with Crippen LogP contribution in [0, 0.1) is 0 Å². The zero-order valence-corrected chi connectivity index (χ0v) is 12.1. The highest BCUT2D eigenvalue weighted by Crippen LogP contribution is 2.11. The number of aromatic nitrogens is 3. The average molecular weight is 265 g/mol. The van der Waals surface area contributed by atoms with Crippen molar-refractivity contribution in [1.82, 2.24) is 14.8 Å². The van der Waals surface area contributed by atoms with Crippen LogP contribution in [0.15, 0.2) is 23.3 Å². The molecule has 0 radical (unpaired) electrons. The van der Waals surface area contributed by atoms with Crippen molar-refractivity contribution < 1.29 is 4.74 Å². The number of ether oxygens (including phenoxy) is 1. The van der Waals surface area contributed by atoms with Crippen LogP contribution in [0.3, 0.4) is 0 Å². The van der Waals surface area contributed by atoms with Gasteiger partial charge in [0.25, 0.3) is 0 Å². The van der Waals surface area contributed by atoms with Gasteiger partial charge in [-0.25, -0.2) is 4.68 Å². The fourth-order valence-corrected chi connectivity index (χ4v) is 2.38. The van der Waals surface area contributed by atoms with Gasteiger partial charge in [0, 0.05) is 32.3 Å². The molecule has 2 heterocycles. The highest BCUT2D eigenvalue weighted by atomic mass is 28.3. The molecule has 0 aliphatic heterocycles. The lowest BCUT2D eigenvalue weighted by molar-refractivity contribution is 0.0817. The standard InChI is InChI=1S/C12H19N3O2Si/c1-18(2,3)5-4-17-9-15-11-6-12(16)13-7-10(11)8-14-15/h6-8H,4-5,9H2,1-3H3,(H,13,16). The van der Waals surface area contributed by atoms with Gasteiger partial charge in [-0.3, -0.25) is 4.79 Å². The highest BCUT2D eigenvalue weighted by molar-refractivity contribution is 6.76. The summed E-state index contributed by atoms with van der Waals surface area (Å²) in [6.07, 6.45) is 3.40. The first-order valence-corrected chi connectivity index (χ1v) is 9.78. The maximum absolute atomic E-state index is 11.3. The van der Waals surface area contributed by atoms with E-state index in [0.717, 1.165) is 23.6 Å². The van der Waals surface area contributed by atoms with Crippen LogP contribution in [0.5, 0.6) is 0 Å². The first-order chi connectivity index (χ1) is 8.46. The van der Waals surface area contributed by atoms with Gasteiger partial charge in [0.1, 0.15) is 6.73 Å². The molecule has 0 aliphatic rings. The molecule has 0 aliphatic carbocycles. The molecule has 0 unspecified atom stereocenters. The SMILES string of the molecule is C[Si](C)(C)CCOCn1ncc2c[nH]c(=O)cc21. The second kappa shape index (κ2) is 5.07. The van der Waals surface area contributed by atoms with Crippen LogP contribution in [-0.2, 0) is 11.5 Å². The van der Waals surface area contributed by atoms with E-state index in [4.69, 9.17) is 4.74 Å². The van der Waals surface area contributed by atoms with Crippen molar-refractivity contribution in [2.75, 3.05) is 6.61 Å². The number of hydrogen-bond donors (Lipinski definition) is 1. The van der Waals surface area contributed by atoms with E-state index in [1.807, 2.05) is 0 Å². The minimum Gasteiger partial charge on any atom is -0.360 e. The number of hydrogen-bond acceptors (Lipinski definition) is 3. The Morgan fingerprint density at radius 3 is 2.94 bits per heavy atom. The van der Waals surface area contributed by atoms with Gasteiger partial charge in [0.2, 0.25) is 5.56 Å². The average Bonchev–Trinajstić information content (AvgIpc) is 2.66. The Hall–Kier alpha value is -1.40. The maximum Gasteiger partial charge on any atom is 0.250 e. The van der Waals surface area contributed by atoms with Crippen molar-refractivity contribution in [2.24, 2.45) is 0 Å². The van der Waals surface area contributed by atoms with E-state index >= 15 is 0 Å². The lowest BCUT2D eigenvalue weighted by Gasteiger charge is -2.15. The topological polar surface area (TPSA) is 59.9 Å². The van der Waals surface area contributed by atoms with Crippen LogP contribution in [0.25, 0.3) is 10.9 Å². The quantitative estimate of drug-likeness (QED) is 0.665. The van der Waals surface area contributed by atoms with Gasteiger partial charge in [-0.05, 0) is 6.04 Å². The van der Waals surface area contributed by atoms with Crippen molar-refractivity contribution in [2.45, 2.75) is 32.4 Å². The van der Waals surface area contributed by atoms with E-state index in [-0.39, 0.29) is 5.56 Å². The predicted molar refractivity (Wildman–Crippen MR) is 74.5 cm³/mol. The number of nitrogens with one attached hydrogen (secondary N) is 1. The molecule has 0 atom stereocenters. The lowest BCUT2D eigenvalue weighted by atomic mass is 10.3. The van der Waals surface area contributed by atoms with Crippen LogP contribution in [0.1, 0.15) is 0 Å². The van der Waals surface area contributed by atoms with E-state index in [0.29, 0.717) is 6.73 Å². The van der Waals surface area contributed by atoms with E-state index in [2.05, 4.69) is 29.7 Å². The molecule has 0 fully saturated rings. The second-order valence-electron chi connectivity index (χ2n) is 5.63. The van der Waals surface area contributed by atoms with Gasteiger partial charge in [-0.1, -0.05) is 19.6 Å². The minimum atomic E-state index is -1.05. The van der Waals surface area contributed by atoms with Gasteiger partial charge >= 0.3 is 0 Å². The van der Waals surface area contributed by atoms with Crippen LogP contribution in [0.2, 0.25) is 25.7 Å². The van der Waals surface area contributed by atoms with Crippen LogP contribution in [0.4, 0.5) is 0 Å². The molecule has 0 saturated heterocycles. The number of nitrogens with zero attached hydrogens (tertiary/aromatic N) is 2. The Bertz CT molecular complexity index is 583. The Kier molecular flexibility index (Phi) is 3.67. The van der Waals surface area contributed by atoms with Crippen molar-refractivity contribution >= 4 is 19.0 Å². The third kappa shape index (κ3) is 3.30. The Balaban J connectivity index is 2.00. The minimum absolute atomic E-state index is 0.119. The summed E-state index contributed by atoms with van der Waals surface area (Å²) in [6, 6.07) is 2.68. The number of aromatic amines is 1. The van der Waals surface area contributed by atoms with Crippen LogP contribution >= 0.6 is 0 Å². The van der Waals surface area contributed by atoms with Gasteiger partial charge < -0.3 is 9.72 Å². The Morgan fingerprint density at radius 2 is 2.22 bits per heavy atom. The van der Waals surface area contributed by atoms with Crippen molar-refractivity contribution in [1.29, 1.82) is 0 Å². The summed E-state index contributed by atoms with van der Waals surface area (Å²) < 4.78 is 7.34. The predicted octanol–water partition coefficient (Wildman–Crippen LogP) is 2.04. The van der Waals surface area contributed by atoms with Gasteiger partial charge in [0.15, 0.2) is 0 Å². The summed E-state index contributed by atoms with van der Waals surface area (Å²) in [7, 11) is -1.05. The number of pyridine rings is 1. The molecular weight excluding hydrogens is 246 g/mol. The molecule has 5 nitrogen and oxygen atoms in total. The smallest absolute Gasteiger partial charge is 0.250 e. The number of rotatable bonds is 5. The van der Waals surface area contributed by atoms with Gasteiger partial charge in [-0.15, -0.1) is 0 Å². The monoisotopic (exact) mass is 265 g/mol. The molecule has 0 spiro atoms. The molecule has 0 saturated carbocycles. The third-order valence-corrected chi connectivity index (χ3v) is 4.46. The fourth-order valence-electron chi connectivity index (χ4n) is 1.63. The molecule has 0 amide bonds. The Morgan fingerprint density at radius 1 is 1.44 bits per heavy atom. The molecule has 2 aromatic rings. The summed E-state index contributed by atoms with van der Waals surface area (Å²) in [5.74, 6) is 0. The first kappa shape index (κ1) is 13.0. The molecule has 6 heteroatoms. The van der Waals surface area contributed by atoms with Crippen LogP contribution in [-0.4, -0.2) is 29.4 Å². The normalized spacial score (nSPS) is 12.2. The lowest BCUT2D eigenvalue weighted by Crippen LogP contribution is -2.22. The summed E-state index contributed by atoms with van der Waals surface area (Å²) in [4.78, 5) is 13.9. The largest absolute Gasteiger partial charge is 0.360 e. The zero-order valence-electron chi connectivity index (χ0n) is 11.1. The second-order valence-corrected chi connectivity index (χ2v) is 11.3. The molecule has 2 rings (SSSR count). The first-order valence-electron chi connectivity index (χ1n) is 6.08. The van der Waals surface area contributed by atoms with E-state index < -0.39 is 8.07 Å². The Labute approximate surface area is 107 Å². The maximum atomic E-state index is 11.3. The third-order valence-electron chi connectivity index (χ3n) is 2.76. The molecule has 0 bridgehead atoms. The van der Waals surface area contributed by atoms with E-state index in [1.165, 1.54) is 0 Å². The molecular formula is C12H19N3O2Si. The molecule has 1 N–H and O–H groups in total. The highest BCUT2D eigenvalue weighted by Gasteiger charge is 2.12. The fraction of sp³-hybridized carbons (Fsp3) is 0.500.